The minimum absolute atomic E-state index is 0.670. The summed E-state index contributed by atoms with van der Waals surface area (Å²) in [6.45, 7) is 0. The maximum Gasteiger partial charge on any atom is 0.125 e. The van der Waals surface area contributed by atoms with Crippen molar-refractivity contribution in [2.45, 2.75) is 31.3 Å². The molecule has 1 rings (SSSR count). The summed E-state index contributed by atoms with van der Waals surface area (Å²) in [6.07, 6.45) is 10.7. The van der Waals surface area contributed by atoms with Crippen LogP contribution in [0.3, 0.4) is 0 Å². The molecule has 1 aliphatic carbocycles. The average molecular weight is 123 g/mol. The van der Waals surface area contributed by atoms with E-state index in [4.69, 9.17) is 6.42 Å². The van der Waals surface area contributed by atoms with E-state index in [9.17, 15) is 5.11 Å². The molecular weight excluding hydrogens is 112 g/mol. The van der Waals surface area contributed by atoms with E-state index >= 15 is 0 Å². The minimum Gasteiger partial charge on any atom is -0.378 e. The second-order valence-electron chi connectivity index (χ2n) is 2.56. The van der Waals surface area contributed by atoms with Gasteiger partial charge in [0.05, 0.1) is 0 Å². The minimum atomic E-state index is -0.807. The van der Waals surface area contributed by atoms with Crippen molar-refractivity contribution >= 4 is 0 Å². The molecule has 1 fully saturated rings. The van der Waals surface area contributed by atoms with E-state index in [-0.39, 0.29) is 0 Å². The Balaban J connectivity index is 2.49. The van der Waals surface area contributed by atoms with Crippen molar-refractivity contribution in [3.8, 4) is 12.3 Å². The Kier molecular flexibility index (Phi) is 1.78. The maximum atomic E-state index is 9.41. The third-order valence-electron chi connectivity index (χ3n) is 1.75. The molecule has 0 aliphatic heterocycles. The summed E-state index contributed by atoms with van der Waals surface area (Å²) in [4.78, 5) is 0. The van der Waals surface area contributed by atoms with Crippen LogP contribution in [0.5, 0.6) is 0 Å². The Morgan fingerprint density at radius 1 is 1.67 bits per heavy atom. The molecule has 0 saturated heterocycles. The summed E-state index contributed by atoms with van der Waals surface area (Å²) in [5, 5.41) is 9.41. The van der Waals surface area contributed by atoms with E-state index in [1.165, 1.54) is 0 Å². The second kappa shape index (κ2) is 2.41. The van der Waals surface area contributed by atoms with E-state index in [1.807, 2.05) is 0 Å². The molecule has 9 heavy (non-hydrogen) atoms. The Hall–Kier alpha value is -0.480. The van der Waals surface area contributed by atoms with Crippen LogP contribution in [0.25, 0.3) is 0 Å². The van der Waals surface area contributed by atoms with E-state index in [0.717, 1.165) is 19.3 Å². The highest BCUT2D eigenvalue weighted by Gasteiger charge is 2.25. The Bertz CT molecular complexity index is 126. The topological polar surface area (TPSA) is 20.2 Å². The van der Waals surface area contributed by atoms with Crippen LogP contribution in [0.4, 0.5) is 0 Å². The Labute approximate surface area is 56.1 Å². The van der Waals surface area contributed by atoms with Gasteiger partial charge in [-0.15, -0.1) is 6.42 Å². The van der Waals surface area contributed by atoms with Crippen molar-refractivity contribution in [3.63, 3.8) is 0 Å². The van der Waals surface area contributed by atoms with Gasteiger partial charge in [0.1, 0.15) is 5.60 Å². The molecule has 0 spiro atoms. The van der Waals surface area contributed by atoms with Crippen LogP contribution in [-0.2, 0) is 0 Å². The monoisotopic (exact) mass is 123 g/mol. The summed E-state index contributed by atoms with van der Waals surface area (Å²) in [5.41, 5.74) is -0.807. The van der Waals surface area contributed by atoms with Crippen molar-refractivity contribution in [3.05, 3.63) is 6.42 Å². The summed E-state index contributed by atoms with van der Waals surface area (Å²) >= 11 is 0. The normalized spacial score (nSPS) is 24.9. The molecule has 0 bridgehead atoms. The van der Waals surface area contributed by atoms with Crippen LogP contribution in [-0.4, -0.2) is 10.7 Å². The van der Waals surface area contributed by atoms with E-state index in [0.29, 0.717) is 6.42 Å². The third-order valence-corrected chi connectivity index (χ3v) is 1.75. The summed E-state index contributed by atoms with van der Waals surface area (Å²) < 4.78 is 0. The quantitative estimate of drug-likeness (QED) is 0.479. The van der Waals surface area contributed by atoms with Crippen LogP contribution >= 0.6 is 0 Å². The predicted molar refractivity (Wildman–Crippen MR) is 36.6 cm³/mol. The molecule has 49 valence electrons. The molecule has 0 amide bonds. The van der Waals surface area contributed by atoms with Crippen molar-refractivity contribution < 1.29 is 5.11 Å². The zero-order valence-corrected chi connectivity index (χ0v) is 5.43. The van der Waals surface area contributed by atoms with Gasteiger partial charge < -0.3 is 5.11 Å². The molecule has 0 heterocycles. The molecule has 0 aromatic rings. The molecule has 1 atom stereocenters. The number of aliphatic hydroxyl groups is 1. The van der Waals surface area contributed by atoms with Gasteiger partial charge in [0.2, 0.25) is 0 Å². The summed E-state index contributed by atoms with van der Waals surface area (Å²) in [5.74, 6) is 2.40. The molecule has 1 N–H and O–H groups in total. The Morgan fingerprint density at radius 2 is 2.44 bits per heavy atom. The zero-order valence-electron chi connectivity index (χ0n) is 5.43. The average Bonchev–Trinajstić information content (AvgIpc) is 1.90. The molecule has 1 nitrogen and oxygen atoms in total. The largest absolute Gasteiger partial charge is 0.378 e. The fourth-order valence-electron chi connectivity index (χ4n) is 1.11. The highest BCUT2D eigenvalue weighted by Crippen LogP contribution is 2.25. The van der Waals surface area contributed by atoms with Crippen molar-refractivity contribution in [1.29, 1.82) is 0 Å². The lowest BCUT2D eigenvalue weighted by atomic mass is 9.86. The molecule has 1 heteroatoms. The van der Waals surface area contributed by atoms with Crippen LogP contribution in [0.2, 0.25) is 0 Å². The van der Waals surface area contributed by atoms with Crippen LogP contribution in [0, 0.1) is 18.8 Å². The zero-order chi connectivity index (χ0) is 6.74. The van der Waals surface area contributed by atoms with Gasteiger partial charge in [0, 0.05) is 0 Å². The molecule has 1 saturated carbocycles. The maximum absolute atomic E-state index is 9.41. The SMILES string of the molecule is C#CC1(O)C[CH]CCC1. The van der Waals surface area contributed by atoms with Crippen molar-refractivity contribution in [1.82, 2.24) is 0 Å². The van der Waals surface area contributed by atoms with Gasteiger partial charge in [-0.3, -0.25) is 0 Å². The number of hydrogen-bond acceptors (Lipinski definition) is 1. The second-order valence-corrected chi connectivity index (χ2v) is 2.56. The van der Waals surface area contributed by atoms with E-state index in [2.05, 4.69) is 12.3 Å². The first-order valence-corrected chi connectivity index (χ1v) is 3.29. The van der Waals surface area contributed by atoms with Gasteiger partial charge in [0.15, 0.2) is 0 Å². The highest BCUT2D eigenvalue weighted by molar-refractivity contribution is 5.10. The van der Waals surface area contributed by atoms with Gasteiger partial charge in [-0.05, 0) is 32.1 Å². The summed E-state index contributed by atoms with van der Waals surface area (Å²) in [6, 6.07) is 0. The smallest absolute Gasteiger partial charge is 0.125 e. The van der Waals surface area contributed by atoms with Crippen LogP contribution in [0.1, 0.15) is 25.7 Å². The first-order chi connectivity index (χ1) is 4.27. The lowest BCUT2D eigenvalue weighted by molar-refractivity contribution is 0.0770. The fourth-order valence-corrected chi connectivity index (χ4v) is 1.11. The van der Waals surface area contributed by atoms with Crippen LogP contribution < -0.4 is 0 Å². The number of hydrogen-bond donors (Lipinski definition) is 1. The molecule has 0 aromatic carbocycles. The predicted octanol–water partition coefficient (Wildman–Crippen LogP) is 1.13. The van der Waals surface area contributed by atoms with Gasteiger partial charge in [-0.25, -0.2) is 0 Å². The number of rotatable bonds is 0. The molecule has 1 aliphatic rings. The highest BCUT2D eigenvalue weighted by atomic mass is 16.3. The van der Waals surface area contributed by atoms with Gasteiger partial charge >= 0.3 is 0 Å². The lowest BCUT2D eigenvalue weighted by Crippen LogP contribution is -2.28. The number of terminal acetylenes is 1. The molecule has 0 aromatic heterocycles. The van der Waals surface area contributed by atoms with Crippen molar-refractivity contribution in [2.75, 3.05) is 0 Å². The van der Waals surface area contributed by atoms with E-state index < -0.39 is 5.60 Å². The lowest BCUT2D eigenvalue weighted by Gasteiger charge is -2.25. The first kappa shape index (κ1) is 6.64. The summed E-state index contributed by atoms with van der Waals surface area (Å²) in [7, 11) is 0. The first-order valence-electron chi connectivity index (χ1n) is 3.29. The molecular formula is C8H11O. The Morgan fingerprint density at radius 3 is 2.78 bits per heavy atom. The third kappa shape index (κ3) is 1.46. The van der Waals surface area contributed by atoms with Crippen molar-refractivity contribution in [2.24, 2.45) is 0 Å². The molecule has 1 unspecified atom stereocenters. The standard InChI is InChI=1S/C8H11O/c1-2-8(9)6-4-3-5-7-8/h1,4,9H,3,5-7H2. The van der Waals surface area contributed by atoms with E-state index in [1.54, 1.807) is 0 Å². The molecule has 1 radical (unpaired) electrons. The van der Waals surface area contributed by atoms with Crippen LogP contribution in [0.15, 0.2) is 0 Å². The van der Waals surface area contributed by atoms with Gasteiger partial charge in [0.25, 0.3) is 0 Å². The van der Waals surface area contributed by atoms with Gasteiger partial charge in [-0.1, -0.05) is 5.92 Å². The van der Waals surface area contributed by atoms with Gasteiger partial charge in [-0.2, -0.15) is 0 Å². The fraction of sp³-hybridized carbons (Fsp3) is 0.625.